The molecule has 0 radical (unpaired) electrons. The van der Waals surface area contributed by atoms with Gasteiger partial charge in [0, 0.05) is 18.7 Å². The molecule has 2 atom stereocenters. The molecular formula is C18H21N3O3. The van der Waals surface area contributed by atoms with Crippen LogP contribution < -0.4 is 9.64 Å². The molecule has 1 fully saturated rings. The Morgan fingerprint density at radius 2 is 1.92 bits per heavy atom. The van der Waals surface area contributed by atoms with Crippen molar-refractivity contribution in [2.75, 3.05) is 24.6 Å². The number of benzene rings is 1. The molecule has 0 saturated carbocycles. The average Bonchev–Trinajstić information content (AvgIpc) is 2.99. The molecule has 2 unspecified atom stereocenters. The Bertz CT molecular complexity index is 723. The van der Waals surface area contributed by atoms with Gasteiger partial charge in [-0.1, -0.05) is 0 Å². The molecule has 1 aromatic carbocycles. The minimum Gasteiger partial charge on any atom is -0.494 e. The molecule has 2 aromatic rings. The van der Waals surface area contributed by atoms with Crippen molar-refractivity contribution in [2.24, 2.45) is 0 Å². The Balaban J connectivity index is 1.88. The van der Waals surface area contributed by atoms with Crippen LogP contribution in [0.3, 0.4) is 0 Å². The number of nitriles is 1. The molecule has 24 heavy (non-hydrogen) atoms. The normalized spacial score (nSPS) is 20.7. The lowest BCUT2D eigenvalue weighted by atomic mass is 10.2. The van der Waals surface area contributed by atoms with Gasteiger partial charge >= 0.3 is 0 Å². The molecule has 0 bridgehead atoms. The van der Waals surface area contributed by atoms with E-state index in [2.05, 4.69) is 11.1 Å². The maximum Gasteiger partial charge on any atom is 0.235 e. The highest BCUT2D eigenvalue weighted by atomic mass is 16.5. The summed E-state index contributed by atoms with van der Waals surface area (Å²) in [6.45, 7) is 7.94. The van der Waals surface area contributed by atoms with Crippen molar-refractivity contribution in [3.63, 3.8) is 0 Å². The predicted octanol–water partition coefficient (Wildman–Crippen LogP) is 3.23. The molecule has 6 heteroatoms. The second-order valence-electron chi connectivity index (χ2n) is 5.90. The number of ether oxygens (including phenoxy) is 2. The lowest BCUT2D eigenvalue weighted by molar-refractivity contribution is -0.00638. The van der Waals surface area contributed by atoms with E-state index in [1.807, 2.05) is 49.9 Å². The summed E-state index contributed by atoms with van der Waals surface area (Å²) < 4.78 is 17.1. The van der Waals surface area contributed by atoms with E-state index in [-0.39, 0.29) is 12.2 Å². The smallest absolute Gasteiger partial charge is 0.235 e. The summed E-state index contributed by atoms with van der Waals surface area (Å²) in [5, 5.41) is 9.40. The molecule has 126 valence electrons. The quantitative estimate of drug-likeness (QED) is 0.858. The fraction of sp³-hybridized carbons (Fsp3) is 0.444. The van der Waals surface area contributed by atoms with Crippen molar-refractivity contribution in [3.8, 4) is 23.3 Å². The second-order valence-corrected chi connectivity index (χ2v) is 5.90. The lowest BCUT2D eigenvalue weighted by Gasteiger charge is -2.34. The maximum atomic E-state index is 9.40. The van der Waals surface area contributed by atoms with Crippen molar-refractivity contribution < 1.29 is 13.9 Å². The van der Waals surface area contributed by atoms with E-state index in [1.165, 1.54) is 0 Å². The van der Waals surface area contributed by atoms with Crippen LogP contribution in [0.2, 0.25) is 0 Å². The summed E-state index contributed by atoms with van der Waals surface area (Å²) in [7, 11) is 0. The van der Waals surface area contributed by atoms with Gasteiger partial charge in [-0.3, -0.25) is 0 Å². The first-order valence-corrected chi connectivity index (χ1v) is 8.15. The van der Waals surface area contributed by atoms with Crippen LogP contribution >= 0.6 is 0 Å². The summed E-state index contributed by atoms with van der Waals surface area (Å²) in [5.41, 5.74) is 1.12. The predicted molar refractivity (Wildman–Crippen MR) is 90.0 cm³/mol. The number of morpholine rings is 1. The van der Waals surface area contributed by atoms with Gasteiger partial charge in [-0.2, -0.15) is 10.2 Å². The molecule has 1 aliphatic rings. The van der Waals surface area contributed by atoms with E-state index in [4.69, 9.17) is 13.9 Å². The van der Waals surface area contributed by atoms with Crippen LogP contribution in [0.5, 0.6) is 5.75 Å². The number of aromatic nitrogens is 1. The van der Waals surface area contributed by atoms with Crippen molar-refractivity contribution in [1.82, 2.24) is 4.98 Å². The summed E-state index contributed by atoms with van der Waals surface area (Å²) >= 11 is 0. The molecule has 0 N–H and O–H groups in total. The van der Waals surface area contributed by atoms with E-state index in [0.29, 0.717) is 37.2 Å². The summed E-state index contributed by atoms with van der Waals surface area (Å²) in [6, 6.07) is 9.63. The van der Waals surface area contributed by atoms with E-state index in [9.17, 15) is 5.26 Å². The molecule has 3 rings (SSSR count). The van der Waals surface area contributed by atoms with Crippen LogP contribution in [0.15, 0.2) is 28.7 Å². The molecule has 1 aromatic heterocycles. The van der Waals surface area contributed by atoms with Crippen LogP contribution in [0, 0.1) is 11.3 Å². The number of rotatable bonds is 4. The number of oxazole rings is 1. The van der Waals surface area contributed by atoms with Crippen LogP contribution in [0.4, 0.5) is 5.88 Å². The van der Waals surface area contributed by atoms with Crippen molar-refractivity contribution >= 4 is 5.88 Å². The number of nitrogens with zero attached hydrogens (tertiary/aromatic N) is 3. The first-order valence-electron chi connectivity index (χ1n) is 8.15. The minimum absolute atomic E-state index is 0.0827. The third-order valence-electron chi connectivity index (χ3n) is 3.83. The van der Waals surface area contributed by atoms with Gasteiger partial charge in [0.25, 0.3) is 0 Å². The third-order valence-corrected chi connectivity index (χ3v) is 3.83. The molecule has 6 nitrogen and oxygen atoms in total. The number of hydrogen-bond donors (Lipinski definition) is 0. The highest BCUT2D eigenvalue weighted by Crippen LogP contribution is 2.30. The van der Waals surface area contributed by atoms with Crippen LogP contribution in [0.25, 0.3) is 11.5 Å². The molecule has 0 aliphatic carbocycles. The van der Waals surface area contributed by atoms with Crippen molar-refractivity contribution in [3.05, 3.63) is 30.0 Å². The second kappa shape index (κ2) is 6.93. The van der Waals surface area contributed by atoms with Crippen LogP contribution in [-0.2, 0) is 4.74 Å². The molecule has 1 aliphatic heterocycles. The number of hydrogen-bond acceptors (Lipinski definition) is 6. The molecule has 0 spiro atoms. The van der Waals surface area contributed by atoms with Gasteiger partial charge in [-0.05, 0) is 45.0 Å². The first-order chi connectivity index (χ1) is 11.6. The van der Waals surface area contributed by atoms with E-state index < -0.39 is 0 Å². The monoisotopic (exact) mass is 327 g/mol. The van der Waals surface area contributed by atoms with E-state index in [1.54, 1.807) is 0 Å². The summed E-state index contributed by atoms with van der Waals surface area (Å²) in [4.78, 5) is 6.38. The Hall–Kier alpha value is -2.52. The highest BCUT2D eigenvalue weighted by Gasteiger charge is 2.28. The minimum atomic E-state index is 0.0827. The SMILES string of the molecule is CCOc1ccc(-c2nc(C#N)c(N3CC(C)OC(C)C3)o2)cc1. The average molecular weight is 327 g/mol. The maximum absolute atomic E-state index is 9.40. The van der Waals surface area contributed by atoms with Crippen LogP contribution in [0.1, 0.15) is 26.5 Å². The van der Waals surface area contributed by atoms with Gasteiger partial charge in [0.15, 0.2) is 0 Å². The zero-order valence-corrected chi connectivity index (χ0v) is 14.2. The lowest BCUT2D eigenvalue weighted by Crippen LogP contribution is -2.45. The van der Waals surface area contributed by atoms with Crippen molar-refractivity contribution in [2.45, 2.75) is 33.0 Å². The van der Waals surface area contributed by atoms with Gasteiger partial charge in [0.05, 0.1) is 18.8 Å². The van der Waals surface area contributed by atoms with Gasteiger partial charge in [0.1, 0.15) is 11.8 Å². The van der Waals surface area contributed by atoms with Gasteiger partial charge in [-0.25, -0.2) is 0 Å². The first kappa shape index (κ1) is 16.3. The fourth-order valence-corrected chi connectivity index (χ4v) is 2.93. The highest BCUT2D eigenvalue weighted by molar-refractivity contribution is 5.60. The Kier molecular flexibility index (Phi) is 4.72. The Labute approximate surface area is 141 Å². The van der Waals surface area contributed by atoms with Gasteiger partial charge in [-0.15, -0.1) is 0 Å². The van der Waals surface area contributed by atoms with Crippen LogP contribution in [-0.4, -0.2) is 36.9 Å². The van der Waals surface area contributed by atoms with E-state index in [0.717, 1.165) is 11.3 Å². The zero-order valence-electron chi connectivity index (χ0n) is 14.2. The molecule has 0 amide bonds. The summed E-state index contributed by atoms with van der Waals surface area (Å²) in [6.07, 6.45) is 0.165. The van der Waals surface area contributed by atoms with E-state index >= 15 is 0 Å². The zero-order chi connectivity index (χ0) is 17.1. The van der Waals surface area contributed by atoms with Crippen molar-refractivity contribution in [1.29, 1.82) is 5.26 Å². The molecule has 2 heterocycles. The fourth-order valence-electron chi connectivity index (χ4n) is 2.93. The summed E-state index contributed by atoms with van der Waals surface area (Å²) in [5.74, 6) is 1.75. The van der Waals surface area contributed by atoms with Gasteiger partial charge in [0.2, 0.25) is 17.5 Å². The largest absolute Gasteiger partial charge is 0.494 e. The molecular weight excluding hydrogens is 306 g/mol. The molecule has 1 saturated heterocycles. The number of anilines is 1. The third kappa shape index (κ3) is 3.36. The Morgan fingerprint density at radius 3 is 2.50 bits per heavy atom. The standard InChI is InChI=1S/C18H21N3O3/c1-4-22-15-7-5-14(6-8-15)17-20-16(9-19)18(24-17)21-10-12(2)23-13(3)11-21/h5-8,12-13H,4,10-11H2,1-3H3. The van der Waals surface area contributed by atoms with Gasteiger partial charge < -0.3 is 18.8 Å². The Morgan fingerprint density at radius 1 is 1.25 bits per heavy atom. The topological polar surface area (TPSA) is 71.5 Å².